The minimum absolute atomic E-state index is 0.00666. The van der Waals surface area contributed by atoms with E-state index < -0.39 is 22.7 Å². The van der Waals surface area contributed by atoms with Gasteiger partial charge in [-0.3, -0.25) is 19.7 Å². The molecule has 1 fully saturated rings. The third-order valence-corrected chi connectivity index (χ3v) is 5.86. The van der Waals surface area contributed by atoms with Crippen LogP contribution >= 0.6 is 0 Å². The topological polar surface area (TPSA) is 117 Å². The van der Waals surface area contributed by atoms with Gasteiger partial charge >= 0.3 is 0 Å². The number of para-hydroxylation sites is 1. The number of aliphatic hydroxyl groups is 1. The van der Waals surface area contributed by atoms with Crippen molar-refractivity contribution in [2.75, 3.05) is 6.54 Å². The number of nitrogens with zero attached hydrogens (tertiary/aromatic N) is 2. The number of nitro benzene ring substituents is 1. The van der Waals surface area contributed by atoms with E-state index >= 15 is 0 Å². The number of benzene rings is 2. The first kappa shape index (κ1) is 21.3. The lowest BCUT2D eigenvalue weighted by molar-refractivity contribution is -0.384. The molecule has 1 amide bonds. The van der Waals surface area contributed by atoms with Crippen LogP contribution < -0.4 is 0 Å². The number of ketones is 1. The van der Waals surface area contributed by atoms with Crippen molar-refractivity contribution in [3.8, 4) is 0 Å². The Morgan fingerprint density at radius 3 is 2.50 bits per heavy atom. The van der Waals surface area contributed by atoms with E-state index in [1.807, 2.05) is 38.1 Å². The molecule has 0 spiro atoms. The van der Waals surface area contributed by atoms with Crippen molar-refractivity contribution in [2.24, 2.45) is 0 Å². The first-order valence-corrected chi connectivity index (χ1v) is 10.5. The number of Topliss-reactive ketones (excluding diaryl/α,β-unsaturated/α-hetero) is 1. The fourth-order valence-corrected chi connectivity index (χ4v) is 4.29. The molecule has 1 aliphatic rings. The number of amides is 1. The highest BCUT2D eigenvalue weighted by Gasteiger charge is 2.47. The molecule has 0 radical (unpaired) electrons. The number of nitro groups is 1. The minimum Gasteiger partial charge on any atom is -0.507 e. The van der Waals surface area contributed by atoms with Gasteiger partial charge in [-0.05, 0) is 31.5 Å². The normalized spacial score (nSPS) is 17.9. The number of non-ortho nitro benzene ring substituents is 1. The van der Waals surface area contributed by atoms with Crippen LogP contribution in [0.2, 0.25) is 0 Å². The van der Waals surface area contributed by atoms with Gasteiger partial charge in [-0.2, -0.15) is 0 Å². The highest BCUT2D eigenvalue weighted by Crippen LogP contribution is 2.43. The SMILES string of the molecule is CCCCN1C(=O)C(=O)/C(=C(/O)c2ccc([N+](=O)[O-])cc2)C1c1c(C)[nH]c2ccccc12. The second kappa shape index (κ2) is 8.30. The number of aryl methyl sites for hydroxylation is 1. The average Bonchev–Trinajstić information content (AvgIpc) is 3.24. The summed E-state index contributed by atoms with van der Waals surface area (Å²) in [5.74, 6) is -1.75. The number of likely N-dealkylation sites (tertiary alicyclic amines) is 1. The van der Waals surface area contributed by atoms with Gasteiger partial charge in [0.15, 0.2) is 0 Å². The lowest BCUT2D eigenvalue weighted by Gasteiger charge is -2.25. The Kier molecular flexibility index (Phi) is 5.52. The van der Waals surface area contributed by atoms with Gasteiger partial charge in [0.25, 0.3) is 17.4 Å². The predicted molar refractivity (Wildman–Crippen MR) is 120 cm³/mol. The van der Waals surface area contributed by atoms with Gasteiger partial charge in [0.2, 0.25) is 0 Å². The van der Waals surface area contributed by atoms with Crippen LogP contribution in [0.25, 0.3) is 16.7 Å². The summed E-state index contributed by atoms with van der Waals surface area (Å²) in [6.45, 7) is 4.25. The zero-order valence-corrected chi connectivity index (χ0v) is 17.8. The van der Waals surface area contributed by atoms with Crippen LogP contribution in [0.1, 0.15) is 42.6 Å². The molecule has 4 rings (SSSR count). The molecule has 164 valence electrons. The largest absolute Gasteiger partial charge is 0.507 e. The zero-order valence-electron chi connectivity index (χ0n) is 17.8. The van der Waals surface area contributed by atoms with E-state index in [1.54, 1.807) is 0 Å². The maximum atomic E-state index is 13.1. The van der Waals surface area contributed by atoms with E-state index in [9.17, 15) is 24.8 Å². The van der Waals surface area contributed by atoms with Crippen molar-refractivity contribution in [3.05, 3.63) is 81.0 Å². The number of aliphatic hydroxyl groups excluding tert-OH is 1. The molecule has 3 aromatic rings. The van der Waals surface area contributed by atoms with Gasteiger partial charge in [0, 0.05) is 46.4 Å². The van der Waals surface area contributed by atoms with Gasteiger partial charge in [-0.15, -0.1) is 0 Å². The molecular weight excluding hydrogens is 410 g/mol. The third kappa shape index (κ3) is 3.43. The Bertz CT molecular complexity index is 1260. The Hall–Kier alpha value is -3.94. The number of hydrogen-bond donors (Lipinski definition) is 2. The number of carbonyl (C=O) groups excluding carboxylic acids is 2. The Labute approximate surface area is 184 Å². The molecular formula is C24H23N3O5. The molecule has 0 saturated carbocycles. The maximum Gasteiger partial charge on any atom is 0.295 e. The summed E-state index contributed by atoms with van der Waals surface area (Å²) < 4.78 is 0. The van der Waals surface area contributed by atoms with Gasteiger partial charge < -0.3 is 15.0 Å². The number of carbonyl (C=O) groups is 2. The van der Waals surface area contributed by atoms with E-state index in [1.165, 1.54) is 29.2 Å². The summed E-state index contributed by atoms with van der Waals surface area (Å²) in [6.07, 6.45) is 1.55. The van der Waals surface area contributed by atoms with Gasteiger partial charge in [0.05, 0.1) is 16.5 Å². The summed E-state index contributed by atoms with van der Waals surface area (Å²) in [6, 6.07) is 12.1. The van der Waals surface area contributed by atoms with E-state index in [0.717, 1.165) is 28.6 Å². The van der Waals surface area contributed by atoms with Crippen molar-refractivity contribution in [1.82, 2.24) is 9.88 Å². The Morgan fingerprint density at radius 2 is 1.84 bits per heavy atom. The maximum absolute atomic E-state index is 13.1. The molecule has 32 heavy (non-hydrogen) atoms. The number of fused-ring (bicyclic) bond motifs is 1. The monoisotopic (exact) mass is 433 g/mol. The molecule has 1 aliphatic heterocycles. The quantitative estimate of drug-likeness (QED) is 0.194. The van der Waals surface area contributed by atoms with Gasteiger partial charge in [-0.1, -0.05) is 31.5 Å². The summed E-state index contributed by atoms with van der Waals surface area (Å²) in [4.78, 5) is 41.3. The summed E-state index contributed by atoms with van der Waals surface area (Å²) in [5, 5.41) is 23.0. The second-order valence-electron chi connectivity index (χ2n) is 7.86. The molecule has 1 saturated heterocycles. The van der Waals surface area contributed by atoms with Crippen LogP contribution in [0.3, 0.4) is 0 Å². The molecule has 0 bridgehead atoms. The number of H-pyrrole nitrogens is 1. The van der Waals surface area contributed by atoms with Crippen molar-refractivity contribution in [2.45, 2.75) is 32.7 Å². The van der Waals surface area contributed by atoms with Gasteiger partial charge in [0.1, 0.15) is 5.76 Å². The summed E-state index contributed by atoms with van der Waals surface area (Å²) in [5.41, 5.74) is 2.54. The number of hydrogen-bond acceptors (Lipinski definition) is 5. The van der Waals surface area contributed by atoms with E-state index in [4.69, 9.17) is 0 Å². The zero-order chi connectivity index (χ0) is 23.0. The lowest BCUT2D eigenvalue weighted by Crippen LogP contribution is -2.30. The molecule has 0 aliphatic carbocycles. The molecule has 8 nitrogen and oxygen atoms in total. The molecule has 2 N–H and O–H groups in total. The number of unbranched alkanes of at least 4 members (excludes halogenated alkanes) is 1. The highest BCUT2D eigenvalue weighted by atomic mass is 16.6. The molecule has 2 heterocycles. The fraction of sp³-hybridized carbons (Fsp3) is 0.250. The first-order valence-electron chi connectivity index (χ1n) is 10.5. The number of aromatic nitrogens is 1. The molecule has 1 unspecified atom stereocenters. The van der Waals surface area contributed by atoms with E-state index in [2.05, 4.69) is 4.98 Å². The summed E-state index contributed by atoms with van der Waals surface area (Å²) >= 11 is 0. The third-order valence-electron chi connectivity index (χ3n) is 5.86. The predicted octanol–water partition coefficient (Wildman–Crippen LogP) is 4.61. The molecule has 1 aromatic heterocycles. The lowest BCUT2D eigenvalue weighted by atomic mass is 9.93. The van der Waals surface area contributed by atoms with Crippen LogP contribution in [0.5, 0.6) is 0 Å². The Balaban J connectivity index is 1.93. The Morgan fingerprint density at radius 1 is 1.16 bits per heavy atom. The van der Waals surface area contributed by atoms with E-state index in [-0.39, 0.29) is 22.6 Å². The highest BCUT2D eigenvalue weighted by molar-refractivity contribution is 6.46. The fourth-order valence-electron chi connectivity index (χ4n) is 4.29. The second-order valence-corrected chi connectivity index (χ2v) is 7.86. The van der Waals surface area contributed by atoms with Crippen molar-refractivity contribution < 1.29 is 19.6 Å². The molecule has 1 atom stereocenters. The van der Waals surface area contributed by atoms with E-state index in [0.29, 0.717) is 13.0 Å². The van der Waals surface area contributed by atoms with Crippen LogP contribution in [-0.2, 0) is 9.59 Å². The first-order chi connectivity index (χ1) is 15.3. The van der Waals surface area contributed by atoms with Crippen molar-refractivity contribution in [3.63, 3.8) is 0 Å². The van der Waals surface area contributed by atoms with Crippen LogP contribution in [0, 0.1) is 17.0 Å². The smallest absolute Gasteiger partial charge is 0.295 e. The number of nitrogens with one attached hydrogen (secondary N) is 1. The van der Waals surface area contributed by atoms with Crippen LogP contribution in [0.4, 0.5) is 5.69 Å². The standard InChI is InChI=1S/C24H23N3O5/c1-3-4-13-26-21(19-14(2)25-18-8-6-5-7-17(18)19)20(23(29)24(26)30)22(28)15-9-11-16(12-10-15)27(31)32/h5-12,21,25,28H,3-4,13H2,1-2H3/b22-20+. The number of aromatic amines is 1. The molecule has 8 heteroatoms. The molecule has 2 aromatic carbocycles. The minimum atomic E-state index is -0.758. The van der Waals surface area contributed by atoms with Crippen molar-refractivity contribution in [1.29, 1.82) is 0 Å². The van der Waals surface area contributed by atoms with Crippen LogP contribution in [-0.4, -0.2) is 38.1 Å². The van der Waals surface area contributed by atoms with Gasteiger partial charge in [-0.25, -0.2) is 0 Å². The summed E-state index contributed by atoms with van der Waals surface area (Å²) in [7, 11) is 0. The van der Waals surface area contributed by atoms with Crippen molar-refractivity contribution >= 4 is 34.0 Å². The van der Waals surface area contributed by atoms with Crippen LogP contribution in [0.15, 0.2) is 54.1 Å². The number of rotatable bonds is 6. The average molecular weight is 433 g/mol.